The second kappa shape index (κ2) is 8.56. The van der Waals surface area contributed by atoms with Crippen LogP contribution in [-0.4, -0.2) is 36.1 Å². The lowest BCUT2D eigenvalue weighted by molar-refractivity contribution is 0.165. The summed E-state index contributed by atoms with van der Waals surface area (Å²) in [7, 11) is 1.73. The summed E-state index contributed by atoms with van der Waals surface area (Å²) in [5, 5.41) is 8.88. The molecule has 0 amide bonds. The first-order chi connectivity index (χ1) is 9.17. The summed E-state index contributed by atoms with van der Waals surface area (Å²) in [5.74, 6) is 0. The zero-order valence-corrected chi connectivity index (χ0v) is 13.3. The van der Waals surface area contributed by atoms with Gasteiger partial charge in [-0.05, 0) is 26.3 Å². The third kappa shape index (κ3) is 4.48. The van der Waals surface area contributed by atoms with Crippen LogP contribution < -0.4 is 5.32 Å². The molecule has 1 rings (SSSR count). The molecule has 110 valence electrons. The van der Waals surface area contributed by atoms with Crippen molar-refractivity contribution in [2.45, 2.75) is 52.6 Å². The van der Waals surface area contributed by atoms with Crippen molar-refractivity contribution < 1.29 is 4.74 Å². The Balaban J connectivity index is 2.84. The van der Waals surface area contributed by atoms with Crippen LogP contribution in [0.15, 0.2) is 0 Å². The van der Waals surface area contributed by atoms with Gasteiger partial charge in [0.05, 0.1) is 23.0 Å². The Labute approximate surface area is 121 Å². The van der Waals surface area contributed by atoms with E-state index in [-0.39, 0.29) is 6.04 Å². The van der Waals surface area contributed by atoms with Gasteiger partial charge in [-0.15, -0.1) is 0 Å². The van der Waals surface area contributed by atoms with Crippen LogP contribution >= 0.6 is 11.6 Å². The molecule has 1 N–H and O–H groups in total. The summed E-state index contributed by atoms with van der Waals surface area (Å²) >= 11 is 6.43. The molecular weight excluding hydrogens is 262 g/mol. The van der Waals surface area contributed by atoms with E-state index in [1.165, 1.54) is 0 Å². The van der Waals surface area contributed by atoms with Gasteiger partial charge in [-0.25, -0.2) is 0 Å². The molecule has 0 aliphatic rings. The second-order valence-electron chi connectivity index (χ2n) is 4.69. The molecule has 0 aliphatic carbocycles. The van der Waals surface area contributed by atoms with Crippen molar-refractivity contribution in [3.05, 3.63) is 16.4 Å². The minimum atomic E-state index is 0.286. The van der Waals surface area contributed by atoms with Gasteiger partial charge in [0.2, 0.25) is 0 Å². The maximum atomic E-state index is 6.43. The number of hydrogen-bond donors (Lipinski definition) is 1. The van der Waals surface area contributed by atoms with Crippen LogP contribution in [-0.2, 0) is 24.1 Å². The lowest BCUT2D eigenvalue weighted by Gasteiger charge is -2.18. The molecule has 19 heavy (non-hydrogen) atoms. The van der Waals surface area contributed by atoms with Gasteiger partial charge in [-0.2, -0.15) is 5.10 Å². The van der Waals surface area contributed by atoms with Gasteiger partial charge >= 0.3 is 0 Å². The molecule has 0 aromatic carbocycles. The van der Waals surface area contributed by atoms with Crippen LogP contribution in [0, 0.1) is 0 Å². The molecule has 0 radical (unpaired) electrons. The highest BCUT2D eigenvalue weighted by molar-refractivity contribution is 6.31. The molecule has 1 aromatic heterocycles. The van der Waals surface area contributed by atoms with Crippen LogP contribution in [0.5, 0.6) is 0 Å². The van der Waals surface area contributed by atoms with Crippen LogP contribution in [0.25, 0.3) is 0 Å². The average molecular weight is 288 g/mol. The zero-order valence-electron chi connectivity index (χ0n) is 12.5. The number of hydrogen-bond acceptors (Lipinski definition) is 3. The summed E-state index contributed by atoms with van der Waals surface area (Å²) in [6.45, 7) is 8.87. The van der Waals surface area contributed by atoms with E-state index in [2.05, 4.69) is 31.2 Å². The van der Waals surface area contributed by atoms with Gasteiger partial charge in [0, 0.05) is 26.1 Å². The predicted molar refractivity (Wildman–Crippen MR) is 80.0 cm³/mol. The molecule has 0 bridgehead atoms. The summed E-state index contributed by atoms with van der Waals surface area (Å²) < 4.78 is 7.30. The molecular formula is C14H26ClN3O. The maximum Gasteiger partial charge on any atom is 0.0850 e. The molecule has 0 saturated carbocycles. The first-order valence-electron chi connectivity index (χ1n) is 7.14. The molecule has 4 nitrogen and oxygen atoms in total. The van der Waals surface area contributed by atoms with E-state index in [1.54, 1.807) is 7.11 Å². The lowest BCUT2D eigenvalue weighted by atomic mass is 10.1. The molecule has 0 spiro atoms. The number of methoxy groups -OCH3 is 1. The van der Waals surface area contributed by atoms with Gasteiger partial charge in [0.15, 0.2) is 0 Å². The van der Waals surface area contributed by atoms with E-state index >= 15 is 0 Å². The Morgan fingerprint density at radius 2 is 2.11 bits per heavy atom. The van der Waals surface area contributed by atoms with E-state index in [9.17, 15) is 0 Å². The lowest BCUT2D eigenvalue weighted by Crippen LogP contribution is -2.36. The summed E-state index contributed by atoms with van der Waals surface area (Å²) in [5.41, 5.74) is 2.11. The number of ether oxygens (including phenoxy) is 1. The number of rotatable bonds is 9. The minimum Gasteiger partial charge on any atom is -0.383 e. The van der Waals surface area contributed by atoms with E-state index in [4.69, 9.17) is 16.3 Å². The molecule has 1 unspecified atom stereocenters. The van der Waals surface area contributed by atoms with Crippen LogP contribution in [0.1, 0.15) is 38.6 Å². The molecule has 1 aromatic rings. The number of aromatic nitrogens is 2. The highest BCUT2D eigenvalue weighted by atomic mass is 35.5. The van der Waals surface area contributed by atoms with Gasteiger partial charge in [0.1, 0.15) is 0 Å². The normalized spacial score (nSPS) is 12.9. The average Bonchev–Trinajstić information content (AvgIpc) is 2.72. The molecule has 0 fully saturated rings. The Morgan fingerprint density at radius 3 is 2.63 bits per heavy atom. The summed E-state index contributed by atoms with van der Waals surface area (Å²) in [6.07, 6.45) is 2.84. The van der Waals surface area contributed by atoms with E-state index in [1.807, 2.05) is 4.68 Å². The SMILES string of the molecule is CCCNC(COC)Cc1c(Cl)c(CC)nn1CC. The van der Waals surface area contributed by atoms with E-state index in [0.717, 1.165) is 48.8 Å². The molecule has 5 heteroatoms. The van der Waals surface area contributed by atoms with Crippen LogP contribution in [0.3, 0.4) is 0 Å². The first-order valence-corrected chi connectivity index (χ1v) is 7.51. The predicted octanol–water partition coefficient (Wildman–Crippen LogP) is 2.68. The van der Waals surface area contributed by atoms with Crippen molar-refractivity contribution in [2.24, 2.45) is 0 Å². The highest BCUT2D eigenvalue weighted by Crippen LogP contribution is 2.23. The van der Waals surface area contributed by atoms with Crippen molar-refractivity contribution in [1.29, 1.82) is 0 Å². The Hall–Kier alpha value is -0.580. The van der Waals surface area contributed by atoms with Crippen molar-refractivity contribution in [3.8, 4) is 0 Å². The smallest absolute Gasteiger partial charge is 0.0850 e. The Morgan fingerprint density at radius 1 is 1.37 bits per heavy atom. The third-order valence-electron chi connectivity index (χ3n) is 3.18. The molecule has 1 heterocycles. The molecule has 0 aliphatic heterocycles. The highest BCUT2D eigenvalue weighted by Gasteiger charge is 2.18. The fourth-order valence-corrected chi connectivity index (χ4v) is 2.53. The number of aryl methyl sites for hydroxylation is 2. The van der Waals surface area contributed by atoms with Gasteiger partial charge in [-0.3, -0.25) is 4.68 Å². The number of nitrogens with one attached hydrogen (secondary N) is 1. The standard InChI is InChI=1S/C14H26ClN3O/c1-5-8-16-11(10-19-4)9-13-14(15)12(6-2)17-18(13)7-3/h11,16H,5-10H2,1-4H3. The van der Waals surface area contributed by atoms with Crippen molar-refractivity contribution in [1.82, 2.24) is 15.1 Å². The monoisotopic (exact) mass is 287 g/mol. The summed E-state index contributed by atoms with van der Waals surface area (Å²) in [4.78, 5) is 0. The fraction of sp³-hybridized carbons (Fsp3) is 0.786. The largest absolute Gasteiger partial charge is 0.383 e. The third-order valence-corrected chi connectivity index (χ3v) is 3.62. The maximum absolute atomic E-state index is 6.43. The number of halogens is 1. The zero-order chi connectivity index (χ0) is 14.3. The van der Waals surface area contributed by atoms with Crippen molar-refractivity contribution in [2.75, 3.05) is 20.3 Å². The van der Waals surface area contributed by atoms with Gasteiger partial charge < -0.3 is 10.1 Å². The molecule has 1 atom stereocenters. The molecule has 0 saturated heterocycles. The van der Waals surface area contributed by atoms with Gasteiger partial charge in [0.25, 0.3) is 0 Å². The topological polar surface area (TPSA) is 39.1 Å². The van der Waals surface area contributed by atoms with Crippen molar-refractivity contribution >= 4 is 11.6 Å². The quantitative estimate of drug-likeness (QED) is 0.759. The number of nitrogens with zero attached hydrogens (tertiary/aromatic N) is 2. The summed E-state index contributed by atoms with van der Waals surface area (Å²) in [6, 6.07) is 0.286. The Bertz CT molecular complexity index is 379. The first kappa shape index (κ1) is 16.5. The Kier molecular flexibility index (Phi) is 7.42. The van der Waals surface area contributed by atoms with Gasteiger partial charge in [-0.1, -0.05) is 25.4 Å². The van der Waals surface area contributed by atoms with Crippen LogP contribution in [0.2, 0.25) is 5.02 Å². The van der Waals surface area contributed by atoms with Crippen LogP contribution in [0.4, 0.5) is 0 Å². The second-order valence-corrected chi connectivity index (χ2v) is 5.07. The van der Waals surface area contributed by atoms with E-state index in [0.29, 0.717) is 6.61 Å². The fourth-order valence-electron chi connectivity index (χ4n) is 2.19. The van der Waals surface area contributed by atoms with Crippen molar-refractivity contribution in [3.63, 3.8) is 0 Å². The van der Waals surface area contributed by atoms with E-state index < -0.39 is 0 Å². The minimum absolute atomic E-state index is 0.286.